The molecule has 0 aliphatic heterocycles. The molecule has 3 rings (SSSR count). The Morgan fingerprint density at radius 1 is 1.08 bits per heavy atom. The molecular formula is C17H11F3N2O2. The van der Waals surface area contributed by atoms with Crippen LogP contribution in [-0.4, -0.2) is 16.1 Å². The van der Waals surface area contributed by atoms with E-state index >= 15 is 0 Å². The first-order valence-electron chi connectivity index (χ1n) is 6.88. The number of aromatic nitrogens is 1. The van der Waals surface area contributed by atoms with Crippen molar-refractivity contribution < 1.29 is 23.1 Å². The first-order chi connectivity index (χ1) is 11.3. The van der Waals surface area contributed by atoms with E-state index in [1.807, 2.05) is 0 Å². The van der Waals surface area contributed by atoms with Crippen molar-refractivity contribution in [2.24, 2.45) is 0 Å². The van der Waals surface area contributed by atoms with Crippen LogP contribution in [-0.2, 0) is 6.18 Å². The summed E-state index contributed by atoms with van der Waals surface area (Å²) in [5.74, 6) is -1.27. The number of anilines is 1. The Morgan fingerprint density at radius 2 is 1.79 bits per heavy atom. The molecule has 1 aromatic heterocycles. The van der Waals surface area contributed by atoms with E-state index in [1.165, 1.54) is 24.3 Å². The van der Waals surface area contributed by atoms with Gasteiger partial charge in [-0.1, -0.05) is 24.3 Å². The van der Waals surface area contributed by atoms with Crippen molar-refractivity contribution in [2.75, 3.05) is 5.73 Å². The maximum absolute atomic E-state index is 13.2. The van der Waals surface area contributed by atoms with Crippen molar-refractivity contribution in [2.45, 2.75) is 6.18 Å². The summed E-state index contributed by atoms with van der Waals surface area (Å²) in [5, 5.41) is 9.75. The standard InChI is InChI=1S/C17H11F3N2O2/c18-17(19,20)14-8-11(9-4-1-2-7-13(9)22-14)15-10(16(23)24)5-3-6-12(15)21/h1-8H,21H2,(H,23,24). The van der Waals surface area contributed by atoms with Gasteiger partial charge in [-0.25, -0.2) is 9.78 Å². The minimum Gasteiger partial charge on any atom is -0.478 e. The third-order valence-corrected chi connectivity index (χ3v) is 3.60. The van der Waals surface area contributed by atoms with Gasteiger partial charge < -0.3 is 10.8 Å². The topological polar surface area (TPSA) is 76.2 Å². The predicted molar refractivity (Wildman–Crippen MR) is 83.6 cm³/mol. The average molecular weight is 332 g/mol. The van der Waals surface area contributed by atoms with E-state index in [2.05, 4.69) is 4.98 Å². The summed E-state index contributed by atoms with van der Waals surface area (Å²) in [4.78, 5) is 15.1. The summed E-state index contributed by atoms with van der Waals surface area (Å²) in [6.07, 6.45) is -4.66. The lowest BCUT2D eigenvalue weighted by molar-refractivity contribution is -0.140. The van der Waals surface area contributed by atoms with E-state index in [1.54, 1.807) is 18.2 Å². The van der Waals surface area contributed by atoms with Crippen LogP contribution < -0.4 is 5.73 Å². The van der Waals surface area contributed by atoms with Crippen LogP contribution in [0.4, 0.5) is 18.9 Å². The molecule has 7 heteroatoms. The summed E-state index contributed by atoms with van der Waals surface area (Å²) < 4.78 is 39.5. The molecule has 1 heterocycles. The van der Waals surface area contributed by atoms with Crippen molar-refractivity contribution in [1.29, 1.82) is 0 Å². The summed E-state index contributed by atoms with van der Waals surface area (Å²) in [6.45, 7) is 0. The van der Waals surface area contributed by atoms with E-state index in [-0.39, 0.29) is 27.9 Å². The second-order valence-electron chi connectivity index (χ2n) is 5.14. The molecule has 0 aliphatic rings. The number of benzene rings is 2. The highest BCUT2D eigenvalue weighted by Gasteiger charge is 2.34. The van der Waals surface area contributed by atoms with Crippen LogP contribution in [0, 0.1) is 0 Å². The highest BCUT2D eigenvalue weighted by atomic mass is 19.4. The quantitative estimate of drug-likeness (QED) is 0.690. The van der Waals surface area contributed by atoms with Crippen molar-refractivity contribution in [3.8, 4) is 11.1 Å². The lowest BCUT2D eigenvalue weighted by atomic mass is 9.94. The predicted octanol–water partition coefficient (Wildman–Crippen LogP) is 4.20. The van der Waals surface area contributed by atoms with Gasteiger partial charge >= 0.3 is 12.1 Å². The number of aromatic carboxylic acids is 1. The lowest BCUT2D eigenvalue weighted by Crippen LogP contribution is -2.09. The third kappa shape index (κ3) is 2.64. The summed E-state index contributed by atoms with van der Waals surface area (Å²) in [5.41, 5.74) is 4.94. The van der Waals surface area contributed by atoms with Crippen LogP contribution in [0.2, 0.25) is 0 Å². The molecule has 122 valence electrons. The molecular weight excluding hydrogens is 321 g/mol. The van der Waals surface area contributed by atoms with Gasteiger partial charge in [-0.2, -0.15) is 13.2 Å². The number of carbonyl (C=O) groups is 1. The Hall–Kier alpha value is -3.09. The van der Waals surface area contributed by atoms with Crippen molar-refractivity contribution in [3.05, 3.63) is 59.8 Å². The molecule has 0 amide bonds. The van der Waals surface area contributed by atoms with Crippen molar-refractivity contribution in [1.82, 2.24) is 4.98 Å². The van der Waals surface area contributed by atoms with Gasteiger partial charge in [0.05, 0.1) is 11.1 Å². The average Bonchev–Trinajstić information content (AvgIpc) is 2.52. The molecule has 4 nitrogen and oxygen atoms in total. The van der Waals surface area contributed by atoms with Crippen LogP contribution in [0.15, 0.2) is 48.5 Å². The van der Waals surface area contributed by atoms with Crippen LogP contribution in [0.1, 0.15) is 16.1 Å². The Labute approximate surface area is 134 Å². The zero-order valence-corrected chi connectivity index (χ0v) is 12.1. The fourth-order valence-corrected chi connectivity index (χ4v) is 2.58. The second kappa shape index (κ2) is 5.52. The summed E-state index contributed by atoms with van der Waals surface area (Å²) in [6, 6.07) is 11.2. The van der Waals surface area contributed by atoms with Crippen LogP contribution >= 0.6 is 0 Å². The number of alkyl halides is 3. The summed E-state index contributed by atoms with van der Waals surface area (Å²) in [7, 11) is 0. The number of halogens is 3. The maximum Gasteiger partial charge on any atom is 0.433 e. The second-order valence-corrected chi connectivity index (χ2v) is 5.14. The Bertz CT molecular complexity index is 952. The molecule has 24 heavy (non-hydrogen) atoms. The number of nitrogen functional groups attached to an aromatic ring is 1. The smallest absolute Gasteiger partial charge is 0.433 e. The Kier molecular flexibility index (Phi) is 3.63. The molecule has 0 spiro atoms. The van der Waals surface area contributed by atoms with E-state index in [0.717, 1.165) is 6.07 Å². The molecule has 0 aliphatic carbocycles. The number of nitrogens with zero attached hydrogens (tertiary/aromatic N) is 1. The largest absolute Gasteiger partial charge is 0.478 e. The van der Waals surface area contributed by atoms with Gasteiger partial charge in [0.1, 0.15) is 5.69 Å². The molecule has 3 aromatic rings. The normalized spacial score (nSPS) is 11.6. The number of hydrogen-bond donors (Lipinski definition) is 2. The molecule has 0 bridgehead atoms. The van der Waals surface area contributed by atoms with E-state index in [4.69, 9.17) is 5.73 Å². The molecule has 0 atom stereocenters. The molecule has 0 unspecified atom stereocenters. The van der Waals surface area contributed by atoms with Gasteiger partial charge in [0.25, 0.3) is 0 Å². The van der Waals surface area contributed by atoms with Crippen molar-refractivity contribution in [3.63, 3.8) is 0 Å². The fourth-order valence-electron chi connectivity index (χ4n) is 2.58. The molecule has 0 radical (unpaired) electrons. The van der Waals surface area contributed by atoms with Gasteiger partial charge in [0, 0.05) is 16.6 Å². The van der Waals surface area contributed by atoms with Gasteiger partial charge in [0.2, 0.25) is 0 Å². The number of hydrogen-bond acceptors (Lipinski definition) is 3. The number of para-hydroxylation sites is 1. The zero-order valence-electron chi connectivity index (χ0n) is 12.1. The highest BCUT2D eigenvalue weighted by molar-refractivity contribution is 6.06. The summed E-state index contributed by atoms with van der Waals surface area (Å²) >= 11 is 0. The third-order valence-electron chi connectivity index (χ3n) is 3.60. The zero-order chi connectivity index (χ0) is 17.5. The van der Waals surface area contributed by atoms with Crippen LogP contribution in [0.3, 0.4) is 0 Å². The molecule has 3 N–H and O–H groups in total. The molecule has 2 aromatic carbocycles. The molecule has 0 saturated carbocycles. The monoisotopic (exact) mass is 332 g/mol. The number of nitrogens with two attached hydrogens (primary N) is 1. The maximum atomic E-state index is 13.2. The SMILES string of the molecule is Nc1cccc(C(=O)O)c1-c1cc(C(F)(F)F)nc2ccccc12. The number of carboxylic acids is 1. The first-order valence-corrected chi connectivity index (χ1v) is 6.88. The van der Waals surface area contributed by atoms with Gasteiger partial charge in [-0.15, -0.1) is 0 Å². The minimum atomic E-state index is -4.66. The van der Waals surface area contributed by atoms with Gasteiger partial charge in [-0.05, 0) is 29.8 Å². The van der Waals surface area contributed by atoms with Crippen LogP contribution in [0.25, 0.3) is 22.0 Å². The molecule has 0 fully saturated rings. The highest BCUT2D eigenvalue weighted by Crippen LogP contribution is 2.38. The Balaban J connectivity index is 2.45. The van der Waals surface area contributed by atoms with Crippen LogP contribution in [0.5, 0.6) is 0 Å². The number of fused-ring (bicyclic) bond motifs is 1. The minimum absolute atomic E-state index is 0.0501. The van der Waals surface area contributed by atoms with E-state index in [0.29, 0.717) is 5.39 Å². The van der Waals surface area contributed by atoms with E-state index < -0.39 is 17.8 Å². The van der Waals surface area contributed by atoms with Gasteiger partial charge in [-0.3, -0.25) is 0 Å². The fraction of sp³-hybridized carbons (Fsp3) is 0.0588. The van der Waals surface area contributed by atoms with Gasteiger partial charge in [0.15, 0.2) is 0 Å². The first kappa shape index (κ1) is 15.8. The number of rotatable bonds is 2. The van der Waals surface area contributed by atoms with Crippen molar-refractivity contribution >= 4 is 22.6 Å². The Morgan fingerprint density at radius 3 is 2.46 bits per heavy atom. The lowest BCUT2D eigenvalue weighted by Gasteiger charge is -2.15. The molecule has 0 saturated heterocycles. The number of pyridine rings is 1. The number of carboxylic acid groups (broad SMARTS) is 1. The van der Waals surface area contributed by atoms with E-state index in [9.17, 15) is 23.1 Å².